The van der Waals surface area contributed by atoms with Crippen molar-refractivity contribution >= 4 is 8.56 Å². The smallest absolute Gasteiger partial charge is 0.454 e. The molecule has 0 heterocycles. The highest BCUT2D eigenvalue weighted by molar-refractivity contribution is 6.66. The molecule has 0 aromatic heterocycles. The molecule has 0 amide bonds. The molecule has 112 valence electrons. The summed E-state index contributed by atoms with van der Waals surface area (Å²) in [7, 11) is -2.29. The van der Waals surface area contributed by atoms with Crippen LogP contribution in [-0.4, -0.2) is 8.56 Å². The minimum atomic E-state index is -2.29. The summed E-state index contributed by atoms with van der Waals surface area (Å²) < 4.78 is 12.5. The fraction of sp³-hybridized carbons (Fsp3) is 0.333. The summed E-state index contributed by atoms with van der Waals surface area (Å²) in [4.78, 5) is 0. The molecule has 0 unspecified atom stereocenters. The van der Waals surface area contributed by atoms with Crippen LogP contribution in [0, 0.1) is 27.7 Å². The summed E-state index contributed by atoms with van der Waals surface area (Å²) in [6.45, 7) is 12.5. The van der Waals surface area contributed by atoms with Gasteiger partial charge in [0.05, 0.1) is 0 Å². The molecular weight excluding hydrogens is 276 g/mol. The SMILES string of the molecule is Cc1cccc(O[Si](C)(C)Oc2cccc(C)c2C)c1C. The predicted octanol–water partition coefficient (Wildman–Crippen LogP) is 5.08. The van der Waals surface area contributed by atoms with Crippen LogP contribution in [0.2, 0.25) is 13.1 Å². The Kier molecular flexibility index (Phi) is 4.42. The zero-order valence-electron chi connectivity index (χ0n) is 13.8. The molecule has 3 heteroatoms. The molecule has 0 bridgehead atoms. The maximum absolute atomic E-state index is 6.23. The molecule has 2 aromatic carbocycles. The van der Waals surface area contributed by atoms with E-state index in [1.165, 1.54) is 22.3 Å². The van der Waals surface area contributed by atoms with E-state index in [-0.39, 0.29) is 0 Å². The first-order chi connectivity index (χ1) is 9.80. The van der Waals surface area contributed by atoms with Crippen molar-refractivity contribution in [1.29, 1.82) is 0 Å². The van der Waals surface area contributed by atoms with Gasteiger partial charge in [-0.3, -0.25) is 0 Å². The molecule has 0 fully saturated rings. The van der Waals surface area contributed by atoms with Crippen molar-refractivity contribution in [2.75, 3.05) is 0 Å². The number of aryl methyl sites for hydroxylation is 2. The molecule has 2 aromatic rings. The van der Waals surface area contributed by atoms with E-state index in [0.29, 0.717) is 0 Å². The van der Waals surface area contributed by atoms with E-state index in [2.05, 4.69) is 52.9 Å². The van der Waals surface area contributed by atoms with Gasteiger partial charge in [0.15, 0.2) is 0 Å². The highest BCUT2D eigenvalue weighted by Gasteiger charge is 2.30. The first-order valence-electron chi connectivity index (χ1n) is 7.30. The molecular formula is C18H24O2Si. The predicted molar refractivity (Wildman–Crippen MR) is 90.6 cm³/mol. The lowest BCUT2D eigenvalue weighted by atomic mass is 10.1. The van der Waals surface area contributed by atoms with Crippen LogP contribution in [0.15, 0.2) is 36.4 Å². The molecule has 21 heavy (non-hydrogen) atoms. The Morgan fingerprint density at radius 3 is 1.43 bits per heavy atom. The van der Waals surface area contributed by atoms with Crippen LogP contribution >= 0.6 is 0 Å². The number of hydrogen-bond donors (Lipinski definition) is 0. The van der Waals surface area contributed by atoms with E-state index in [1.54, 1.807) is 0 Å². The van der Waals surface area contributed by atoms with E-state index in [4.69, 9.17) is 8.85 Å². The molecule has 2 rings (SSSR count). The highest BCUT2D eigenvalue weighted by Crippen LogP contribution is 2.27. The summed E-state index contributed by atoms with van der Waals surface area (Å²) in [6, 6.07) is 12.3. The Bertz CT molecular complexity index is 592. The summed E-state index contributed by atoms with van der Waals surface area (Å²) >= 11 is 0. The van der Waals surface area contributed by atoms with Crippen molar-refractivity contribution < 1.29 is 8.85 Å². The van der Waals surface area contributed by atoms with Gasteiger partial charge < -0.3 is 8.85 Å². The van der Waals surface area contributed by atoms with Crippen molar-refractivity contribution in [2.45, 2.75) is 40.8 Å². The lowest BCUT2D eigenvalue weighted by Crippen LogP contribution is -2.42. The summed E-state index contributed by atoms with van der Waals surface area (Å²) in [5.41, 5.74) is 4.85. The molecule has 0 radical (unpaired) electrons. The van der Waals surface area contributed by atoms with E-state index in [0.717, 1.165) is 11.5 Å². The molecule has 0 aliphatic heterocycles. The van der Waals surface area contributed by atoms with Gasteiger partial charge in [-0.15, -0.1) is 0 Å². The molecule has 0 spiro atoms. The number of rotatable bonds is 4. The standard InChI is InChI=1S/C18H24O2Si/c1-13-9-7-11-17(15(13)3)19-21(5,6)20-18-12-8-10-14(2)16(18)4/h7-12H,1-6H3. The lowest BCUT2D eigenvalue weighted by Gasteiger charge is -2.27. The maximum atomic E-state index is 6.23. The monoisotopic (exact) mass is 300 g/mol. The normalized spacial score (nSPS) is 11.3. The fourth-order valence-corrected chi connectivity index (χ4v) is 3.76. The van der Waals surface area contributed by atoms with Crippen LogP contribution in [0.1, 0.15) is 22.3 Å². The fourth-order valence-electron chi connectivity index (χ4n) is 2.22. The van der Waals surface area contributed by atoms with Gasteiger partial charge in [-0.1, -0.05) is 24.3 Å². The quantitative estimate of drug-likeness (QED) is 0.733. The van der Waals surface area contributed by atoms with Gasteiger partial charge in [-0.2, -0.15) is 0 Å². The van der Waals surface area contributed by atoms with Crippen molar-refractivity contribution in [3.8, 4) is 11.5 Å². The maximum Gasteiger partial charge on any atom is 0.454 e. The zero-order chi connectivity index (χ0) is 15.6. The van der Waals surface area contributed by atoms with Crippen LogP contribution < -0.4 is 8.85 Å². The van der Waals surface area contributed by atoms with Gasteiger partial charge in [-0.05, 0) is 62.1 Å². The third-order valence-electron chi connectivity index (χ3n) is 3.82. The third kappa shape index (κ3) is 3.67. The van der Waals surface area contributed by atoms with Gasteiger partial charge in [0, 0.05) is 13.1 Å². The molecule has 0 saturated heterocycles. The van der Waals surface area contributed by atoms with Crippen molar-refractivity contribution in [3.05, 3.63) is 58.7 Å². The number of hydrogen-bond acceptors (Lipinski definition) is 2. The molecule has 0 atom stereocenters. The van der Waals surface area contributed by atoms with E-state index < -0.39 is 8.56 Å². The zero-order valence-corrected chi connectivity index (χ0v) is 14.8. The molecule has 0 aliphatic rings. The Morgan fingerprint density at radius 2 is 1.05 bits per heavy atom. The molecule has 0 saturated carbocycles. The minimum Gasteiger partial charge on any atom is -0.512 e. The first kappa shape index (κ1) is 15.6. The van der Waals surface area contributed by atoms with E-state index in [1.807, 2.05) is 24.3 Å². The van der Waals surface area contributed by atoms with Gasteiger partial charge in [0.1, 0.15) is 11.5 Å². The third-order valence-corrected chi connectivity index (χ3v) is 5.24. The molecule has 0 aliphatic carbocycles. The summed E-state index contributed by atoms with van der Waals surface area (Å²) in [5.74, 6) is 1.86. The van der Waals surface area contributed by atoms with Crippen molar-refractivity contribution in [2.24, 2.45) is 0 Å². The van der Waals surface area contributed by atoms with Crippen molar-refractivity contribution in [1.82, 2.24) is 0 Å². The second-order valence-electron chi connectivity index (χ2n) is 6.00. The Balaban J connectivity index is 2.22. The van der Waals surface area contributed by atoms with Gasteiger partial charge in [-0.25, -0.2) is 0 Å². The van der Waals surface area contributed by atoms with Gasteiger partial charge in [0.2, 0.25) is 0 Å². The second kappa shape index (κ2) is 5.94. The topological polar surface area (TPSA) is 18.5 Å². The summed E-state index contributed by atoms with van der Waals surface area (Å²) in [6.07, 6.45) is 0. The van der Waals surface area contributed by atoms with Crippen LogP contribution in [0.3, 0.4) is 0 Å². The average Bonchev–Trinajstić information content (AvgIpc) is 2.40. The van der Waals surface area contributed by atoms with Crippen LogP contribution in [0.5, 0.6) is 11.5 Å². The molecule has 0 N–H and O–H groups in total. The highest BCUT2D eigenvalue weighted by atomic mass is 28.4. The van der Waals surface area contributed by atoms with Crippen LogP contribution in [0.25, 0.3) is 0 Å². The lowest BCUT2D eigenvalue weighted by molar-refractivity contribution is 0.396. The first-order valence-corrected chi connectivity index (χ1v) is 10.1. The van der Waals surface area contributed by atoms with Crippen LogP contribution in [0.4, 0.5) is 0 Å². The van der Waals surface area contributed by atoms with Gasteiger partial charge in [0.25, 0.3) is 0 Å². The molecule has 2 nitrogen and oxygen atoms in total. The average molecular weight is 300 g/mol. The Labute approximate surface area is 129 Å². The number of benzene rings is 2. The van der Waals surface area contributed by atoms with Crippen LogP contribution in [-0.2, 0) is 0 Å². The van der Waals surface area contributed by atoms with E-state index in [9.17, 15) is 0 Å². The Hall–Kier alpha value is -1.74. The second-order valence-corrected chi connectivity index (χ2v) is 9.21. The minimum absolute atomic E-state index is 0.928. The van der Waals surface area contributed by atoms with Crippen molar-refractivity contribution in [3.63, 3.8) is 0 Å². The largest absolute Gasteiger partial charge is 0.512 e. The Morgan fingerprint density at radius 1 is 0.667 bits per heavy atom. The van der Waals surface area contributed by atoms with Gasteiger partial charge >= 0.3 is 8.56 Å². The van der Waals surface area contributed by atoms with E-state index >= 15 is 0 Å². The summed E-state index contributed by atoms with van der Waals surface area (Å²) in [5, 5.41) is 0.